The van der Waals surface area contributed by atoms with Crippen LogP contribution in [0.3, 0.4) is 0 Å². The number of anilines is 1. The summed E-state index contributed by atoms with van der Waals surface area (Å²) in [6.45, 7) is 5.06. The van der Waals surface area contributed by atoms with Gasteiger partial charge < -0.3 is 10.6 Å². The largest absolute Gasteiger partial charge is 0.360 e. The van der Waals surface area contributed by atoms with Crippen LogP contribution >= 0.6 is 0 Å². The van der Waals surface area contributed by atoms with Gasteiger partial charge in [-0.15, -0.1) is 0 Å². The molecule has 1 saturated heterocycles. The Morgan fingerprint density at radius 1 is 1.07 bits per heavy atom. The number of rotatable bonds is 6. The zero-order valence-electron chi connectivity index (χ0n) is 17.6. The summed E-state index contributed by atoms with van der Waals surface area (Å²) in [6.07, 6.45) is 0. The van der Waals surface area contributed by atoms with Crippen LogP contribution < -0.4 is 10.6 Å². The minimum atomic E-state index is -0.220. The minimum absolute atomic E-state index is 0.179. The summed E-state index contributed by atoms with van der Waals surface area (Å²) in [7, 11) is 1.70. The van der Waals surface area contributed by atoms with E-state index in [4.69, 9.17) is 5.41 Å². The van der Waals surface area contributed by atoms with Gasteiger partial charge in [0, 0.05) is 24.8 Å². The Morgan fingerprint density at radius 2 is 1.70 bits per heavy atom. The van der Waals surface area contributed by atoms with Crippen LogP contribution in [0.15, 0.2) is 72.1 Å². The number of hydrazine groups is 1. The molecule has 30 heavy (non-hydrogen) atoms. The second-order valence-electron chi connectivity index (χ2n) is 7.42. The number of para-hydroxylation sites is 1. The third-order valence-corrected chi connectivity index (χ3v) is 4.56. The van der Waals surface area contributed by atoms with Crippen molar-refractivity contribution >= 4 is 17.4 Å². The first-order chi connectivity index (χ1) is 14.5. The maximum atomic E-state index is 13.0. The third-order valence-electron chi connectivity index (χ3n) is 4.56. The Morgan fingerprint density at radius 3 is 2.33 bits per heavy atom. The number of benzene rings is 2. The van der Waals surface area contributed by atoms with E-state index in [1.807, 2.05) is 60.7 Å². The lowest BCUT2D eigenvalue weighted by atomic mass is 10.2. The molecule has 1 amide bonds. The second-order valence-corrected chi connectivity index (χ2v) is 7.42. The zero-order chi connectivity index (χ0) is 21.5. The third kappa shape index (κ3) is 5.00. The van der Waals surface area contributed by atoms with Crippen molar-refractivity contribution in [1.29, 1.82) is 5.41 Å². The summed E-state index contributed by atoms with van der Waals surface area (Å²) in [5.74, 6) is 6.94. The first kappa shape index (κ1) is 21.0. The van der Waals surface area contributed by atoms with Crippen molar-refractivity contribution in [3.05, 3.63) is 77.6 Å². The SMILES string of the molecule is CC(C)CN1C(=N)/C(=C(\NCC#Cc2ccccc2)Nc2ccccc2)C(=O)N1C. The van der Waals surface area contributed by atoms with Crippen molar-refractivity contribution in [2.24, 2.45) is 5.92 Å². The Labute approximate surface area is 178 Å². The lowest BCUT2D eigenvalue weighted by molar-refractivity contribution is -0.132. The summed E-state index contributed by atoms with van der Waals surface area (Å²) >= 11 is 0. The Bertz CT molecular complexity index is 987. The van der Waals surface area contributed by atoms with Crippen molar-refractivity contribution in [2.75, 3.05) is 25.5 Å². The standard InChI is InChI=1S/C24H27N5O/c1-18(2)17-29-22(25)21(24(30)28(29)3)23(27-20-14-8-5-9-15-20)26-16-10-13-19-11-6-4-7-12-19/h4-9,11-12,14-15,18,25-27H,16-17H2,1-3H3/b23-21-,25-22?. The van der Waals surface area contributed by atoms with Crippen LogP contribution in [0.25, 0.3) is 0 Å². The molecular weight excluding hydrogens is 374 g/mol. The van der Waals surface area contributed by atoms with Gasteiger partial charge in [-0.1, -0.05) is 62.1 Å². The molecule has 1 aliphatic rings. The van der Waals surface area contributed by atoms with Crippen LogP contribution in [-0.4, -0.2) is 41.9 Å². The molecule has 0 spiro atoms. The number of carbonyl (C=O) groups is 1. The highest BCUT2D eigenvalue weighted by atomic mass is 16.2. The molecule has 0 bridgehead atoms. The van der Waals surface area contributed by atoms with Gasteiger partial charge in [-0.25, -0.2) is 0 Å². The molecular formula is C24H27N5O. The van der Waals surface area contributed by atoms with Gasteiger partial charge in [0.15, 0.2) is 5.84 Å². The molecule has 2 aromatic rings. The van der Waals surface area contributed by atoms with Crippen LogP contribution in [-0.2, 0) is 4.79 Å². The van der Waals surface area contributed by atoms with Gasteiger partial charge in [0.25, 0.3) is 5.91 Å². The molecule has 3 rings (SSSR count). The number of amidine groups is 1. The van der Waals surface area contributed by atoms with Crippen LogP contribution in [0.5, 0.6) is 0 Å². The van der Waals surface area contributed by atoms with Crippen LogP contribution in [0, 0.1) is 23.2 Å². The summed E-state index contributed by atoms with van der Waals surface area (Å²) in [4.78, 5) is 13.0. The predicted octanol–water partition coefficient (Wildman–Crippen LogP) is 3.27. The summed E-state index contributed by atoms with van der Waals surface area (Å²) in [5, 5.41) is 18.3. The van der Waals surface area contributed by atoms with Gasteiger partial charge in [-0.05, 0) is 30.2 Å². The summed E-state index contributed by atoms with van der Waals surface area (Å²) in [5.41, 5.74) is 2.06. The Balaban J connectivity index is 1.87. The highest BCUT2D eigenvalue weighted by Crippen LogP contribution is 2.23. The van der Waals surface area contributed by atoms with Crippen molar-refractivity contribution < 1.29 is 4.79 Å². The zero-order valence-corrected chi connectivity index (χ0v) is 17.6. The molecule has 6 nitrogen and oxygen atoms in total. The van der Waals surface area contributed by atoms with Gasteiger partial charge in [0.2, 0.25) is 0 Å². The molecule has 0 radical (unpaired) electrons. The van der Waals surface area contributed by atoms with E-state index in [1.165, 1.54) is 5.01 Å². The molecule has 1 aliphatic heterocycles. The number of hydrogen-bond donors (Lipinski definition) is 3. The molecule has 1 heterocycles. The van der Waals surface area contributed by atoms with E-state index < -0.39 is 0 Å². The molecule has 0 atom stereocenters. The average molecular weight is 402 g/mol. The lowest BCUT2D eigenvalue weighted by Crippen LogP contribution is -2.39. The van der Waals surface area contributed by atoms with E-state index in [9.17, 15) is 4.79 Å². The molecule has 1 fully saturated rings. The van der Waals surface area contributed by atoms with Crippen LogP contribution in [0.1, 0.15) is 19.4 Å². The number of carbonyl (C=O) groups excluding carboxylic acids is 1. The quantitative estimate of drug-likeness (QED) is 0.513. The van der Waals surface area contributed by atoms with Gasteiger partial charge in [0.05, 0.1) is 6.54 Å². The topological polar surface area (TPSA) is 71.5 Å². The Kier molecular flexibility index (Phi) is 6.76. The predicted molar refractivity (Wildman–Crippen MR) is 120 cm³/mol. The summed E-state index contributed by atoms with van der Waals surface area (Å²) in [6, 6.07) is 19.3. The maximum Gasteiger partial charge on any atom is 0.279 e. The summed E-state index contributed by atoms with van der Waals surface area (Å²) < 4.78 is 0. The number of nitrogens with zero attached hydrogens (tertiary/aromatic N) is 2. The molecule has 0 aromatic heterocycles. The fourth-order valence-corrected chi connectivity index (χ4v) is 3.10. The second kappa shape index (κ2) is 9.66. The highest BCUT2D eigenvalue weighted by molar-refractivity contribution is 6.24. The molecule has 2 aromatic carbocycles. The van der Waals surface area contributed by atoms with E-state index >= 15 is 0 Å². The monoisotopic (exact) mass is 401 g/mol. The van der Waals surface area contributed by atoms with Crippen molar-refractivity contribution in [3.8, 4) is 11.8 Å². The van der Waals surface area contributed by atoms with E-state index in [1.54, 1.807) is 12.1 Å². The lowest BCUT2D eigenvalue weighted by Gasteiger charge is -2.26. The van der Waals surface area contributed by atoms with E-state index in [0.717, 1.165) is 11.3 Å². The Hall–Kier alpha value is -3.72. The highest BCUT2D eigenvalue weighted by Gasteiger charge is 2.38. The van der Waals surface area contributed by atoms with Crippen LogP contribution in [0.4, 0.5) is 5.69 Å². The molecule has 154 valence electrons. The molecule has 0 saturated carbocycles. The van der Waals surface area contributed by atoms with Crippen LogP contribution in [0.2, 0.25) is 0 Å². The van der Waals surface area contributed by atoms with Gasteiger partial charge in [-0.2, -0.15) is 0 Å². The van der Waals surface area contributed by atoms with Gasteiger partial charge in [-0.3, -0.25) is 20.2 Å². The fourth-order valence-electron chi connectivity index (χ4n) is 3.10. The number of amides is 1. The van der Waals surface area contributed by atoms with E-state index in [2.05, 4.69) is 36.3 Å². The first-order valence-electron chi connectivity index (χ1n) is 9.96. The average Bonchev–Trinajstić information content (AvgIpc) is 2.95. The van der Waals surface area contributed by atoms with Gasteiger partial charge >= 0.3 is 0 Å². The maximum absolute atomic E-state index is 13.0. The van der Waals surface area contributed by atoms with Crippen molar-refractivity contribution in [2.45, 2.75) is 13.8 Å². The smallest absolute Gasteiger partial charge is 0.279 e. The molecule has 3 N–H and O–H groups in total. The number of hydrogen-bond acceptors (Lipinski definition) is 4. The fraction of sp³-hybridized carbons (Fsp3) is 0.250. The minimum Gasteiger partial charge on any atom is -0.360 e. The first-order valence-corrected chi connectivity index (χ1v) is 9.96. The van der Waals surface area contributed by atoms with Gasteiger partial charge in [0.1, 0.15) is 11.4 Å². The number of likely N-dealkylation sites (N-methyl/N-ethyl adjacent to an activating group) is 1. The molecule has 6 heteroatoms. The van der Waals surface area contributed by atoms with E-state index in [0.29, 0.717) is 30.4 Å². The van der Waals surface area contributed by atoms with Crippen molar-refractivity contribution in [3.63, 3.8) is 0 Å². The molecule has 0 aliphatic carbocycles. The molecule has 0 unspecified atom stereocenters. The van der Waals surface area contributed by atoms with Crippen molar-refractivity contribution in [1.82, 2.24) is 15.3 Å². The van der Waals surface area contributed by atoms with E-state index in [-0.39, 0.29) is 11.7 Å². The normalized spacial score (nSPS) is 15.2. The number of nitrogens with one attached hydrogen (secondary N) is 3.